The van der Waals surface area contributed by atoms with Gasteiger partial charge in [-0.05, 0) is 205 Å². The van der Waals surface area contributed by atoms with Gasteiger partial charge in [0.1, 0.15) is 0 Å². The van der Waals surface area contributed by atoms with Crippen molar-refractivity contribution in [3.8, 4) is 0 Å². The molecule has 0 atom stereocenters. The van der Waals surface area contributed by atoms with Crippen molar-refractivity contribution in [2.45, 2.75) is 218 Å². The van der Waals surface area contributed by atoms with E-state index < -0.39 is 0 Å². The number of benzene rings is 5. The topological polar surface area (TPSA) is 6.48 Å². The minimum Gasteiger partial charge on any atom is -0.311 e. The van der Waals surface area contributed by atoms with Gasteiger partial charge in [-0.1, -0.05) is 147 Å². The molecule has 5 aliphatic carbocycles. The molecule has 2 saturated carbocycles. The van der Waals surface area contributed by atoms with E-state index in [0.29, 0.717) is 5.92 Å². The van der Waals surface area contributed by atoms with Crippen LogP contribution in [0.15, 0.2) is 78.9 Å². The molecular formula is C66H81BN2S. The maximum absolute atomic E-state index is 2.84. The van der Waals surface area contributed by atoms with Gasteiger partial charge in [-0.25, -0.2) is 0 Å². The van der Waals surface area contributed by atoms with E-state index in [2.05, 4.69) is 204 Å². The Morgan fingerprint density at radius 1 is 0.500 bits per heavy atom. The second-order valence-corrected chi connectivity index (χ2v) is 29.6. The predicted octanol–water partition coefficient (Wildman–Crippen LogP) is 17.4. The van der Waals surface area contributed by atoms with Crippen LogP contribution in [0.1, 0.15) is 225 Å². The van der Waals surface area contributed by atoms with Crippen molar-refractivity contribution in [2.75, 3.05) is 9.80 Å². The molecule has 2 bridgehead atoms. The monoisotopic (exact) mass is 945 g/mol. The summed E-state index contributed by atoms with van der Waals surface area (Å²) in [6.45, 7) is 36.8. The van der Waals surface area contributed by atoms with Crippen LogP contribution < -0.4 is 25.5 Å². The van der Waals surface area contributed by atoms with E-state index in [4.69, 9.17) is 0 Å². The van der Waals surface area contributed by atoms with E-state index in [1.807, 2.05) is 0 Å². The summed E-state index contributed by atoms with van der Waals surface area (Å²) in [7, 11) is 0. The van der Waals surface area contributed by atoms with Gasteiger partial charge in [0.25, 0.3) is 6.71 Å². The van der Waals surface area contributed by atoms with Crippen molar-refractivity contribution in [1.29, 1.82) is 0 Å². The molecule has 0 spiro atoms. The minimum absolute atomic E-state index is 0.00398. The van der Waals surface area contributed by atoms with E-state index >= 15 is 0 Å². The zero-order valence-corrected chi connectivity index (χ0v) is 46.6. The van der Waals surface area contributed by atoms with Crippen molar-refractivity contribution in [3.05, 3.63) is 123 Å². The molecule has 0 N–H and O–H groups in total. The maximum atomic E-state index is 2.84. The fraction of sp³-hybridized carbons (Fsp3) is 0.515. The molecule has 3 heterocycles. The average Bonchev–Trinajstić information content (AvgIpc) is 3.68. The van der Waals surface area contributed by atoms with Crippen LogP contribution in [0, 0.1) is 0 Å². The zero-order chi connectivity index (χ0) is 49.5. The fourth-order valence-corrected chi connectivity index (χ4v) is 15.8. The number of rotatable bonds is 3. The van der Waals surface area contributed by atoms with E-state index in [-0.39, 0.29) is 44.6 Å². The molecular weight excluding hydrogens is 864 g/mol. The van der Waals surface area contributed by atoms with Gasteiger partial charge in [0, 0.05) is 43.3 Å². The molecule has 2 aliphatic heterocycles. The largest absolute Gasteiger partial charge is 0.311 e. The second kappa shape index (κ2) is 15.1. The number of thiophene rings is 1. The minimum atomic E-state index is -0.0129. The zero-order valence-electron chi connectivity index (χ0n) is 45.7. The molecule has 13 rings (SSSR count). The van der Waals surface area contributed by atoms with Gasteiger partial charge in [0.05, 0.1) is 5.69 Å². The Morgan fingerprint density at radius 3 is 1.67 bits per heavy atom. The van der Waals surface area contributed by atoms with Gasteiger partial charge >= 0.3 is 0 Å². The lowest BCUT2D eigenvalue weighted by Crippen LogP contribution is -2.60. The molecule has 364 valence electrons. The van der Waals surface area contributed by atoms with Crippen LogP contribution in [0.4, 0.5) is 34.1 Å². The number of hydrogen-bond acceptors (Lipinski definition) is 3. The molecule has 6 aromatic rings. The van der Waals surface area contributed by atoms with Gasteiger partial charge in [0.2, 0.25) is 0 Å². The molecule has 5 aromatic carbocycles. The van der Waals surface area contributed by atoms with Crippen molar-refractivity contribution in [2.24, 2.45) is 0 Å². The molecule has 0 unspecified atom stereocenters. The van der Waals surface area contributed by atoms with Crippen molar-refractivity contribution < 1.29 is 0 Å². The molecule has 0 amide bonds. The van der Waals surface area contributed by atoms with Gasteiger partial charge in [0.15, 0.2) is 0 Å². The van der Waals surface area contributed by atoms with Crippen LogP contribution in [-0.2, 0) is 37.9 Å². The molecule has 70 heavy (non-hydrogen) atoms. The first-order chi connectivity index (χ1) is 32.8. The molecule has 2 fully saturated rings. The summed E-state index contributed by atoms with van der Waals surface area (Å²) in [6, 6.07) is 33.9. The van der Waals surface area contributed by atoms with Crippen LogP contribution in [0.3, 0.4) is 0 Å². The quantitative estimate of drug-likeness (QED) is 0.163. The van der Waals surface area contributed by atoms with E-state index in [1.54, 1.807) is 11.1 Å². The maximum Gasteiger partial charge on any atom is 0.264 e. The molecule has 0 radical (unpaired) electrons. The third-order valence-electron chi connectivity index (χ3n) is 19.5. The summed E-state index contributed by atoms with van der Waals surface area (Å²) in [5.74, 6) is 0.542. The van der Waals surface area contributed by atoms with Gasteiger partial charge < -0.3 is 9.80 Å². The normalized spacial score (nSPS) is 23.5. The highest BCUT2D eigenvalue weighted by Gasteiger charge is 2.51. The lowest BCUT2D eigenvalue weighted by Gasteiger charge is -2.52. The third kappa shape index (κ3) is 7.04. The third-order valence-corrected chi connectivity index (χ3v) is 20.7. The van der Waals surface area contributed by atoms with Crippen molar-refractivity contribution >= 4 is 78.0 Å². The highest BCUT2D eigenvalue weighted by atomic mass is 32.1. The Morgan fingerprint density at radius 2 is 1.07 bits per heavy atom. The Bertz CT molecular complexity index is 3110. The first kappa shape index (κ1) is 46.8. The summed E-state index contributed by atoms with van der Waals surface area (Å²) in [4.78, 5) is 5.59. The highest BCUT2D eigenvalue weighted by Crippen LogP contribution is 2.59. The van der Waals surface area contributed by atoms with Crippen LogP contribution >= 0.6 is 11.3 Å². The first-order valence-corrected chi connectivity index (χ1v) is 28.4. The Hall–Kier alpha value is -4.28. The van der Waals surface area contributed by atoms with Crippen LogP contribution in [0.25, 0.3) is 10.1 Å². The van der Waals surface area contributed by atoms with Gasteiger partial charge in [-0.3, -0.25) is 0 Å². The van der Waals surface area contributed by atoms with E-state index in [9.17, 15) is 0 Å². The Balaban J connectivity index is 1.23. The van der Waals surface area contributed by atoms with Crippen LogP contribution in [-0.4, -0.2) is 6.71 Å². The summed E-state index contributed by atoms with van der Waals surface area (Å²) < 4.78 is 2.98. The lowest BCUT2D eigenvalue weighted by atomic mass is 9.36. The number of nitrogens with zero attached hydrogens (tertiary/aromatic N) is 2. The van der Waals surface area contributed by atoms with Crippen molar-refractivity contribution in [1.82, 2.24) is 0 Å². The molecule has 0 saturated heterocycles. The lowest BCUT2D eigenvalue weighted by molar-refractivity contribution is 0.188. The second-order valence-electron chi connectivity index (χ2n) is 28.5. The summed E-state index contributed by atoms with van der Waals surface area (Å²) in [5, 5.41) is 1.47. The number of hydrogen-bond donors (Lipinski definition) is 0. The fourth-order valence-electron chi connectivity index (χ4n) is 14.4. The summed E-state index contributed by atoms with van der Waals surface area (Å²) in [6.07, 6.45) is 14.1. The average molecular weight is 945 g/mol. The smallest absolute Gasteiger partial charge is 0.264 e. The Kier molecular flexibility index (Phi) is 10.1. The molecule has 4 heteroatoms. The van der Waals surface area contributed by atoms with Gasteiger partial charge in [-0.15, -0.1) is 11.3 Å². The van der Waals surface area contributed by atoms with Crippen LogP contribution in [0.5, 0.6) is 0 Å². The van der Waals surface area contributed by atoms with Crippen molar-refractivity contribution in [3.63, 3.8) is 0 Å². The predicted molar refractivity (Wildman–Crippen MR) is 306 cm³/mol. The summed E-state index contributed by atoms with van der Waals surface area (Å²) in [5.41, 5.74) is 23.9. The molecule has 1 aromatic heterocycles. The Labute approximate surface area is 427 Å². The van der Waals surface area contributed by atoms with Gasteiger partial charge in [-0.2, -0.15) is 0 Å². The standard InChI is InChI=1S/C66H81BN2S/c1-60(2,3)42-21-24-53-52(36-42)67-57-54(68(53)46-34-43(61(4,5)6)33-44(35-46)62(7,8)9)31-41(40-19-17-16-18-20-40)32-55(57)69(45-22-23-48-49(37-45)64(12,13)26-25-63(48,10)11)58-47-38-50-51(39-56(47)70-59(58)67)66(15)29-27-65(50,14)28-30-66/h21-24,31-40H,16-20,25-30H2,1-15H3. The molecule has 2 nitrogen and oxygen atoms in total. The molecule has 7 aliphatic rings. The number of anilines is 6. The van der Waals surface area contributed by atoms with E-state index in [1.165, 1.54) is 164 Å². The van der Waals surface area contributed by atoms with E-state index in [0.717, 1.165) is 0 Å². The summed E-state index contributed by atoms with van der Waals surface area (Å²) >= 11 is 2.12. The van der Waals surface area contributed by atoms with Crippen LogP contribution in [0.2, 0.25) is 0 Å². The SMILES string of the molecule is CC(C)(C)c1cc(N2c3ccc(C(C)(C)C)cc3B3c4sc5cc6c(cc5c4N(c4ccc5c(c4)C(C)(C)CCC5(C)C)c4cc(C5CCCCC5)cc2c43)C2(C)CCC6(C)CC2)cc(C(C)(C)C)c1. The number of fused-ring (bicyclic) bond motifs is 9. The highest BCUT2D eigenvalue weighted by molar-refractivity contribution is 7.33. The first-order valence-electron chi connectivity index (χ1n) is 27.6.